The lowest BCUT2D eigenvalue weighted by molar-refractivity contribution is -0.167. The summed E-state index contributed by atoms with van der Waals surface area (Å²) in [6.45, 7) is 6.62. The monoisotopic (exact) mass is 1090 g/mol. The standard InChI is InChI=1S/C71H136O6/c1-4-7-10-13-15-17-19-21-23-25-27-28-29-30-31-32-33-34-35-36-37-38-39-40-41-42-44-45-47-49-51-53-55-58-61-64-70(73)76-67-68(66-75-69(72)63-60-57-12-9-6-3)77-71(74)65-62-59-56-54-52-50-48-46-43-26-24-22-20-18-16-14-11-8-5-2/h22,24,68H,4-21,23,25-67H2,1-3H3/b24-22-. The van der Waals surface area contributed by atoms with Crippen molar-refractivity contribution in [3.05, 3.63) is 12.2 Å². The van der Waals surface area contributed by atoms with Gasteiger partial charge in [-0.25, -0.2) is 0 Å². The highest BCUT2D eigenvalue weighted by atomic mass is 16.6. The van der Waals surface area contributed by atoms with Gasteiger partial charge in [0.05, 0.1) is 0 Å². The van der Waals surface area contributed by atoms with Crippen molar-refractivity contribution in [1.82, 2.24) is 0 Å². The molecule has 0 aliphatic carbocycles. The largest absolute Gasteiger partial charge is 0.462 e. The number of unbranched alkanes of at least 4 members (excludes halogenated alkanes) is 53. The van der Waals surface area contributed by atoms with Gasteiger partial charge in [0.15, 0.2) is 6.10 Å². The van der Waals surface area contributed by atoms with E-state index < -0.39 is 6.10 Å². The molecule has 6 heteroatoms. The summed E-state index contributed by atoms with van der Waals surface area (Å²) in [6, 6.07) is 0. The van der Waals surface area contributed by atoms with Crippen LogP contribution in [0.25, 0.3) is 0 Å². The fourth-order valence-corrected chi connectivity index (χ4v) is 11.0. The molecule has 0 aromatic carbocycles. The number of esters is 3. The van der Waals surface area contributed by atoms with Gasteiger partial charge in [0, 0.05) is 19.3 Å². The molecule has 1 atom stereocenters. The Kier molecular flexibility index (Phi) is 65.1. The molecule has 0 aromatic heterocycles. The first-order chi connectivity index (χ1) is 38.0. The maximum Gasteiger partial charge on any atom is 0.306 e. The molecule has 0 aliphatic rings. The lowest BCUT2D eigenvalue weighted by Gasteiger charge is -2.18. The number of rotatable bonds is 66. The zero-order valence-electron chi connectivity index (χ0n) is 52.5. The van der Waals surface area contributed by atoms with E-state index in [4.69, 9.17) is 14.2 Å². The van der Waals surface area contributed by atoms with Crippen LogP contribution in [-0.4, -0.2) is 37.2 Å². The number of hydrogen-bond donors (Lipinski definition) is 0. The van der Waals surface area contributed by atoms with Gasteiger partial charge in [-0.15, -0.1) is 0 Å². The molecule has 0 spiro atoms. The Morgan fingerprint density at radius 3 is 0.649 bits per heavy atom. The van der Waals surface area contributed by atoms with Crippen LogP contribution >= 0.6 is 0 Å². The van der Waals surface area contributed by atoms with Gasteiger partial charge >= 0.3 is 17.9 Å². The predicted molar refractivity (Wildman–Crippen MR) is 335 cm³/mol. The topological polar surface area (TPSA) is 78.9 Å². The average molecular weight is 1090 g/mol. The van der Waals surface area contributed by atoms with Gasteiger partial charge < -0.3 is 14.2 Å². The van der Waals surface area contributed by atoms with Gasteiger partial charge in [0.25, 0.3) is 0 Å². The van der Waals surface area contributed by atoms with Gasteiger partial charge in [0.2, 0.25) is 0 Å². The maximum atomic E-state index is 12.8. The van der Waals surface area contributed by atoms with E-state index in [0.717, 1.165) is 64.2 Å². The summed E-state index contributed by atoms with van der Waals surface area (Å²) in [6.07, 6.45) is 80.3. The smallest absolute Gasteiger partial charge is 0.306 e. The van der Waals surface area contributed by atoms with Crippen LogP contribution in [0.1, 0.15) is 406 Å². The molecule has 0 fully saturated rings. The van der Waals surface area contributed by atoms with Crippen molar-refractivity contribution in [2.45, 2.75) is 412 Å². The molecule has 0 aliphatic heterocycles. The minimum Gasteiger partial charge on any atom is -0.462 e. The van der Waals surface area contributed by atoms with Crippen molar-refractivity contribution in [3.8, 4) is 0 Å². The minimum atomic E-state index is -0.765. The SMILES string of the molecule is CCCCCCCC/C=C\CCCCCCCCCCCC(=O)OC(COC(=O)CCCCCCC)COC(=O)CCCCCCCCCCCCCCCCCCCCCCCCCCCCCCCCCCCCC. The molecule has 0 radical (unpaired) electrons. The molecule has 0 saturated carbocycles. The Labute approximate surface area is 481 Å². The van der Waals surface area contributed by atoms with E-state index in [0.29, 0.717) is 19.3 Å². The molecular weight excluding hydrogens is 949 g/mol. The highest BCUT2D eigenvalue weighted by Gasteiger charge is 2.19. The van der Waals surface area contributed by atoms with Crippen LogP contribution in [0.2, 0.25) is 0 Å². The van der Waals surface area contributed by atoms with Gasteiger partial charge in [-0.3, -0.25) is 14.4 Å². The maximum absolute atomic E-state index is 12.8. The van der Waals surface area contributed by atoms with Gasteiger partial charge in [-0.1, -0.05) is 354 Å². The van der Waals surface area contributed by atoms with E-state index in [2.05, 4.69) is 32.9 Å². The second kappa shape index (κ2) is 66.7. The van der Waals surface area contributed by atoms with Crippen LogP contribution in [-0.2, 0) is 28.6 Å². The van der Waals surface area contributed by atoms with Crippen molar-refractivity contribution >= 4 is 17.9 Å². The number of hydrogen-bond acceptors (Lipinski definition) is 6. The Bertz CT molecular complexity index is 1200. The van der Waals surface area contributed by atoms with Gasteiger partial charge in [-0.05, 0) is 44.9 Å². The normalized spacial score (nSPS) is 12.0. The Balaban J connectivity index is 3.83. The first-order valence-corrected chi connectivity index (χ1v) is 35.2. The average Bonchev–Trinajstić information content (AvgIpc) is 3.43. The third kappa shape index (κ3) is 64.9. The van der Waals surface area contributed by atoms with Crippen molar-refractivity contribution in [2.24, 2.45) is 0 Å². The van der Waals surface area contributed by atoms with Crippen LogP contribution in [0.15, 0.2) is 12.2 Å². The Hall–Kier alpha value is -1.85. The van der Waals surface area contributed by atoms with E-state index in [1.54, 1.807) is 0 Å². The van der Waals surface area contributed by atoms with E-state index in [1.165, 1.54) is 302 Å². The quantitative estimate of drug-likeness (QED) is 0.0261. The summed E-state index contributed by atoms with van der Waals surface area (Å²) in [4.78, 5) is 37.9. The third-order valence-corrected chi connectivity index (χ3v) is 16.3. The van der Waals surface area contributed by atoms with E-state index in [1.807, 2.05) is 0 Å². The summed E-state index contributed by atoms with van der Waals surface area (Å²) >= 11 is 0. The molecule has 1 unspecified atom stereocenters. The van der Waals surface area contributed by atoms with Crippen molar-refractivity contribution in [2.75, 3.05) is 13.2 Å². The van der Waals surface area contributed by atoms with Crippen LogP contribution < -0.4 is 0 Å². The summed E-state index contributed by atoms with van der Waals surface area (Å²) < 4.78 is 16.8. The molecule has 0 saturated heterocycles. The first-order valence-electron chi connectivity index (χ1n) is 35.2. The van der Waals surface area contributed by atoms with Crippen molar-refractivity contribution in [1.29, 1.82) is 0 Å². The van der Waals surface area contributed by atoms with Crippen LogP contribution in [0.3, 0.4) is 0 Å². The van der Waals surface area contributed by atoms with Crippen molar-refractivity contribution in [3.63, 3.8) is 0 Å². The van der Waals surface area contributed by atoms with E-state index in [9.17, 15) is 14.4 Å². The zero-order chi connectivity index (χ0) is 55.7. The molecule has 77 heavy (non-hydrogen) atoms. The zero-order valence-corrected chi connectivity index (χ0v) is 52.5. The molecule has 0 heterocycles. The summed E-state index contributed by atoms with van der Waals surface area (Å²) in [7, 11) is 0. The third-order valence-electron chi connectivity index (χ3n) is 16.3. The summed E-state index contributed by atoms with van der Waals surface area (Å²) in [5, 5.41) is 0. The molecule has 0 bridgehead atoms. The molecule has 0 rings (SSSR count). The van der Waals surface area contributed by atoms with E-state index in [-0.39, 0.29) is 31.1 Å². The number of allylic oxidation sites excluding steroid dienone is 2. The molecule has 456 valence electrons. The lowest BCUT2D eigenvalue weighted by Crippen LogP contribution is -2.30. The van der Waals surface area contributed by atoms with Crippen LogP contribution in [0.4, 0.5) is 0 Å². The van der Waals surface area contributed by atoms with Gasteiger partial charge in [0.1, 0.15) is 13.2 Å². The predicted octanol–water partition coefficient (Wildman–Crippen LogP) is 24.0. The lowest BCUT2D eigenvalue weighted by atomic mass is 10.0. The minimum absolute atomic E-state index is 0.0660. The van der Waals surface area contributed by atoms with Crippen LogP contribution in [0.5, 0.6) is 0 Å². The fraction of sp³-hybridized carbons (Fsp3) is 0.930. The molecule has 0 aromatic rings. The van der Waals surface area contributed by atoms with E-state index >= 15 is 0 Å². The molecule has 0 amide bonds. The summed E-state index contributed by atoms with van der Waals surface area (Å²) in [5.74, 6) is -0.856. The molecule has 6 nitrogen and oxygen atoms in total. The Morgan fingerprint density at radius 2 is 0.429 bits per heavy atom. The second-order valence-corrected chi connectivity index (χ2v) is 24.2. The number of ether oxygens (including phenoxy) is 3. The summed E-state index contributed by atoms with van der Waals surface area (Å²) in [5.41, 5.74) is 0. The molecule has 0 N–H and O–H groups in total. The van der Waals surface area contributed by atoms with Crippen LogP contribution in [0, 0.1) is 0 Å². The highest BCUT2D eigenvalue weighted by molar-refractivity contribution is 5.71. The highest BCUT2D eigenvalue weighted by Crippen LogP contribution is 2.19. The second-order valence-electron chi connectivity index (χ2n) is 24.2. The fourth-order valence-electron chi connectivity index (χ4n) is 11.0. The number of carbonyl (C=O) groups excluding carboxylic acids is 3. The number of carbonyl (C=O) groups is 3. The Morgan fingerprint density at radius 1 is 0.247 bits per heavy atom. The first kappa shape index (κ1) is 75.2. The molecular formula is C71H136O6. The van der Waals surface area contributed by atoms with Gasteiger partial charge in [-0.2, -0.15) is 0 Å². The van der Waals surface area contributed by atoms with Crippen molar-refractivity contribution < 1.29 is 28.6 Å².